The molecule has 0 saturated heterocycles. The first-order valence-corrected chi connectivity index (χ1v) is 8.99. The molecule has 0 fully saturated rings. The third kappa shape index (κ3) is 2.84. The number of fused-ring (bicyclic) bond motifs is 1. The van der Waals surface area contributed by atoms with Crippen molar-refractivity contribution in [2.45, 2.75) is 12.8 Å². The minimum absolute atomic E-state index is 0.173. The summed E-state index contributed by atoms with van der Waals surface area (Å²) in [7, 11) is 0. The Morgan fingerprint density at radius 3 is 2.69 bits per heavy atom. The molecule has 0 spiro atoms. The molecule has 1 aromatic carbocycles. The molecule has 128 valence electrons. The highest BCUT2D eigenvalue weighted by Crippen LogP contribution is 2.28. The molecule has 0 bridgehead atoms. The molecule has 0 radical (unpaired) electrons. The van der Waals surface area contributed by atoms with Crippen LogP contribution in [0.3, 0.4) is 0 Å². The molecule has 1 amide bonds. The van der Waals surface area contributed by atoms with Crippen molar-refractivity contribution in [1.82, 2.24) is 4.98 Å². The van der Waals surface area contributed by atoms with E-state index in [0.29, 0.717) is 17.5 Å². The lowest BCUT2D eigenvalue weighted by molar-refractivity contribution is -0.113. The van der Waals surface area contributed by atoms with Gasteiger partial charge in [0, 0.05) is 6.20 Å². The van der Waals surface area contributed by atoms with Gasteiger partial charge in [-0.25, -0.2) is 4.99 Å². The van der Waals surface area contributed by atoms with Gasteiger partial charge >= 0.3 is 0 Å². The maximum Gasteiger partial charge on any atom is 0.285 e. The zero-order valence-electron chi connectivity index (χ0n) is 13.7. The quantitative estimate of drug-likeness (QED) is 0.551. The fraction of sp³-hybridized carbons (Fsp3) is 0.100. The van der Waals surface area contributed by atoms with Gasteiger partial charge in [0.05, 0.1) is 10.4 Å². The number of hydrogen-bond donors (Lipinski definition) is 1. The van der Waals surface area contributed by atoms with Crippen LogP contribution in [0, 0.1) is 0 Å². The Labute approximate surface area is 153 Å². The van der Waals surface area contributed by atoms with Gasteiger partial charge in [-0.2, -0.15) is 0 Å². The second-order valence-corrected chi connectivity index (χ2v) is 6.82. The largest absolute Gasteiger partial charge is 0.505 e. The molecule has 0 saturated carbocycles. The van der Waals surface area contributed by atoms with Gasteiger partial charge in [0.2, 0.25) is 5.78 Å². The monoisotopic (exact) mass is 362 g/mol. The Morgan fingerprint density at radius 2 is 1.88 bits per heavy atom. The van der Waals surface area contributed by atoms with Crippen molar-refractivity contribution in [2.75, 3.05) is 0 Å². The van der Waals surface area contributed by atoms with Gasteiger partial charge in [-0.05, 0) is 41.3 Å². The second kappa shape index (κ2) is 6.65. The third-order valence-electron chi connectivity index (χ3n) is 4.26. The van der Waals surface area contributed by atoms with Gasteiger partial charge < -0.3 is 5.11 Å². The van der Waals surface area contributed by atoms with E-state index in [9.17, 15) is 14.7 Å². The van der Waals surface area contributed by atoms with E-state index in [1.165, 1.54) is 17.5 Å². The Morgan fingerprint density at radius 1 is 1.08 bits per heavy atom. The van der Waals surface area contributed by atoms with E-state index in [1.54, 1.807) is 6.07 Å². The van der Waals surface area contributed by atoms with E-state index in [2.05, 4.69) is 9.98 Å². The Hall–Kier alpha value is -3.12. The molecule has 26 heavy (non-hydrogen) atoms. The second-order valence-electron chi connectivity index (χ2n) is 5.90. The molecule has 4 rings (SSSR count). The summed E-state index contributed by atoms with van der Waals surface area (Å²) >= 11 is 1.38. The van der Waals surface area contributed by atoms with Gasteiger partial charge in [-0.3, -0.25) is 14.6 Å². The van der Waals surface area contributed by atoms with Crippen LogP contribution in [-0.4, -0.2) is 27.5 Å². The number of benzene rings is 1. The van der Waals surface area contributed by atoms with Crippen molar-refractivity contribution in [3.05, 3.63) is 76.6 Å². The number of Topliss-reactive ketones (excluding diaryl/α,β-unsaturated/α-hetero) is 1. The summed E-state index contributed by atoms with van der Waals surface area (Å²) < 4.78 is 0.698. The Balaban J connectivity index is 1.62. The number of carbonyl (C=O) groups is 2. The van der Waals surface area contributed by atoms with E-state index < -0.39 is 11.7 Å². The molecule has 3 aromatic rings. The number of ketones is 1. The molecule has 6 heteroatoms. The highest BCUT2D eigenvalue weighted by atomic mass is 32.1. The number of aryl methyl sites for hydroxylation is 1. The number of pyridine rings is 1. The molecule has 5 nitrogen and oxygen atoms in total. The number of rotatable bonds is 5. The molecular weight excluding hydrogens is 348 g/mol. The van der Waals surface area contributed by atoms with Gasteiger partial charge in [0.25, 0.3) is 5.91 Å². The van der Waals surface area contributed by atoms with Gasteiger partial charge in [-0.15, -0.1) is 11.3 Å². The topological polar surface area (TPSA) is 79.6 Å². The summed E-state index contributed by atoms with van der Waals surface area (Å²) in [6, 6.07) is 13.4. The molecule has 0 unspecified atom stereocenters. The molecular formula is C20H14N2O3S. The average molecular weight is 362 g/mol. The lowest BCUT2D eigenvalue weighted by Crippen LogP contribution is -2.13. The van der Waals surface area contributed by atoms with Crippen LogP contribution in [0.2, 0.25) is 0 Å². The number of nitrogens with zero attached hydrogens (tertiary/aromatic N) is 2. The zero-order valence-corrected chi connectivity index (χ0v) is 14.5. The van der Waals surface area contributed by atoms with Crippen LogP contribution >= 0.6 is 11.3 Å². The number of aliphatic hydroxyl groups is 1. The summed E-state index contributed by atoms with van der Waals surface area (Å²) in [5.74, 6) is -1.61. The number of carbonyl (C=O) groups excluding carboxylic acids is 2. The lowest BCUT2D eigenvalue weighted by atomic mass is 10.0. The van der Waals surface area contributed by atoms with Crippen molar-refractivity contribution in [1.29, 1.82) is 0 Å². The Kier molecular flexibility index (Phi) is 4.18. The minimum atomic E-state index is -0.703. The van der Waals surface area contributed by atoms with Gasteiger partial charge in [-0.1, -0.05) is 30.3 Å². The standard InChI is InChI=1S/C20H14N2O3S/c23-17-14(7-6-12-4-2-1-3-5-12)22-20(25)15(17)18(24)16-19-13(8-10-21-16)9-11-26-19/h1-5,8-11,23H,6-7H2. The average Bonchev–Trinajstić information content (AvgIpc) is 3.24. The number of amides is 1. The summed E-state index contributed by atoms with van der Waals surface area (Å²) in [5, 5.41) is 13.2. The predicted molar refractivity (Wildman–Crippen MR) is 101 cm³/mol. The summed E-state index contributed by atoms with van der Waals surface area (Å²) in [5.41, 5.74) is 1.20. The van der Waals surface area contributed by atoms with Crippen LogP contribution < -0.4 is 0 Å². The summed E-state index contributed by atoms with van der Waals surface area (Å²) in [6.45, 7) is 0. The normalized spacial score (nSPS) is 14.2. The number of aliphatic imine (C=N–C) groups is 1. The molecule has 0 atom stereocenters. The van der Waals surface area contributed by atoms with Crippen LogP contribution in [0.5, 0.6) is 0 Å². The van der Waals surface area contributed by atoms with E-state index >= 15 is 0 Å². The molecule has 1 aliphatic rings. The van der Waals surface area contributed by atoms with Crippen LogP contribution in [0.15, 0.2) is 70.4 Å². The van der Waals surface area contributed by atoms with Crippen molar-refractivity contribution in [2.24, 2.45) is 4.99 Å². The van der Waals surface area contributed by atoms with E-state index in [0.717, 1.165) is 10.9 Å². The first-order chi connectivity index (χ1) is 12.6. The van der Waals surface area contributed by atoms with Crippen LogP contribution in [0.25, 0.3) is 10.1 Å². The molecule has 0 aliphatic carbocycles. The maximum atomic E-state index is 12.8. The van der Waals surface area contributed by atoms with Crippen molar-refractivity contribution >= 4 is 38.8 Å². The molecule has 1 N–H and O–H groups in total. The van der Waals surface area contributed by atoms with Gasteiger partial charge in [0.1, 0.15) is 11.3 Å². The first kappa shape index (κ1) is 16.4. The van der Waals surface area contributed by atoms with Crippen molar-refractivity contribution < 1.29 is 14.7 Å². The number of hydrogen-bond acceptors (Lipinski definition) is 5. The molecule has 3 heterocycles. The fourth-order valence-corrected chi connectivity index (χ4v) is 3.82. The first-order valence-electron chi connectivity index (χ1n) is 8.11. The van der Waals surface area contributed by atoms with Crippen LogP contribution in [0.1, 0.15) is 22.5 Å². The highest BCUT2D eigenvalue weighted by Gasteiger charge is 2.33. The van der Waals surface area contributed by atoms with Crippen LogP contribution in [-0.2, 0) is 11.2 Å². The summed E-state index contributed by atoms with van der Waals surface area (Å²) in [4.78, 5) is 33.1. The van der Waals surface area contributed by atoms with E-state index in [4.69, 9.17) is 0 Å². The highest BCUT2D eigenvalue weighted by molar-refractivity contribution is 7.17. The zero-order chi connectivity index (χ0) is 18.1. The smallest absolute Gasteiger partial charge is 0.285 e. The third-order valence-corrected chi connectivity index (χ3v) is 5.20. The Bertz CT molecular complexity index is 1080. The van der Waals surface area contributed by atoms with E-state index in [-0.39, 0.29) is 22.7 Å². The molecule has 2 aromatic heterocycles. The fourth-order valence-electron chi connectivity index (χ4n) is 2.94. The number of aliphatic hydroxyl groups excluding tert-OH is 1. The summed E-state index contributed by atoms with van der Waals surface area (Å²) in [6.07, 6.45) is 2.53. The SMILES string of the molecule is O=C1N=C(CCc2ccccc2)C(O)=C1C(=O)c1nccc2ccsc12. The number of allylic oxidation sites excluding steroid dienone is 1. The van der Waals surface area contributed by atoms with E-state index in [1.807, 2.05) is 41.8 Å². The minimum Gasteiger partial charge on any atom is -0.505 e. The number of aromatic nitrogens is 1. The van der Waals surface area contributed by atoms with Gasteiger partial charge in [0.15, 0.2) is 5.76 Å². The number of thiophene rings is 1. The maximum absolute atomic E-state index is 12.8. The lowest BCUT2D eigenvalue weighted by Gasteiger charge is -2.04. The van der Waals surface area contributed by atoms with Crippen molar-refractivity contribution in [3.8, 4) is 0 Å². The predicted octanol–water partition coefficient (Wildman–Crippen LogP) is 3.91. The van der Waals surface area contributed by atoms with Crippen molar-refractivity contribution in [3.63, 3.8) is 0 Å². The van der Waals surface area contributed by atoms with Crippen LogP contribution in [0.4, 0.5) is 0 Å². The molecule has 1 aliphatic heterocycles.